The van der Waals surface area contributed by atoms with Gasteiger partial charge in [-0.25, -0.2) is 0 Å². The van der Waals surface area contributed by atoms with Gasteiger partial charge in [-0.05, 0) is 48.5 Å². The zero-order chi connectivity index (χ0) is 19.9. The first-order valence-corrected chi connectivity index (χ1v) is 8.89. The molecule has 0 spiro atoms. The summed E-state index contributed by atoms with van der Waals surface area (Å²) >= 11 is 0. The summed E-state index contributed by atoms with van der Waals surface area (Å²) in [5.74, 6) is -0.786. The van der Waals surface area contributed by atoms with E-state index in [1.54, 1.807) is 36.4 Å². The average molecular weight is 385 g/mol. The number of carbonyl (C=O) groups excluding carboxylic acids is 2. The number of nitrogens with two attached hydrogens (primary N) is 2. The smallest absolute Gasteiger partial charge is 0.255 e. The van der Waals surface area contributed by atoms with Gasteiger partial charge in [-0.15, -0.1) is 0 Å². The maximum Gasteiger partial charge on any atom is 0.255 e. The highest BCUT2D eigenvalue weighted by molar-refractivity contribution is 6.05. The molecule has 0 radical (unpaired) electrons. The Morgan fingerprint density at radius 3 is 1.89 bits per heavy atom. The predicted octanol–water partition coefficient (Wildman–Crippen LogP) is 1.42. The van der Waals surface area contributed by atoms with E-state index in [2.05, 4.69) is 5.32 Å². The van der Waals surface area contributed by atoms with Crippen LogP contribution in [0.5, 0.6) is 0 Å². The summed E-state index contributed by atoms with van der Waals surface area (Å²) in [4.78, 5) is 22.8. The first kappa shape index (κ1) is 19.8. The number of nitrogens with one attached hydrogen (secondary N) is 1. The second-order valence-corrected chi connectivity index (χ2v) is 6.47. The number of primary amides is 1. The van der Waals surface area contributed by atoms with Crippen LogP contribution in [0.25, 0.3) is 0 Å². The van der Waals surface area contributed by atoms with E-state index >= 15 is 0 Å². The van der Waals surface area contributed by atoms with Gasteiger partial charge in [0.05, 0.1) is 26.4 Å². The Hall–Kier alpha value is -2.94. The third kappa shape index (κ3) is 6.66. The van der Waals surface area contributed by atoms with Crippen molar-refractivity contribution in [1.29, 1.82) is 0 Å². The first-order chi connectivity index (χ1) is 13.5. The van der Waals surface area contributed by atoms with Gasteiger partial charge in [-0.2, -0.15) is 0 Å². The molecule has 2 amide bonds. The summed E-state index contributed by atoms with van der Waals surface area (Å²) in [5.41, 5.74) is 12.8. The molecule has 8 nitrogen and oxygen atoms in total. The van der Waals surface area contributed by atoms with Crippen LogP contribution < -0.4 is 16.8 Å². The van der Waals surface area contributed by atoms with Gasteiger partial charge >= 0.3 is 0 Å². The second kappa shape index (κ2) is 9.32. The Balaban J connectivity index is 0.000000206. The van der Waals surface area contributed by atoms with Crippen molar-refractivity contribution in [3.8, 4) is 0 Å². The van der Waals surface area contributed by atoms with Crippen LogP contribution in [0.4, 0.5) is 11.4 Å². The lowest BCUT2D eigenvalue weighted by atomic mass is 10.1. The molecule has 2 saturated heterocycles. The molecule has 0 aromatic heterocycles. The van der Waals surface area contributed by atoms with Crippen molar-refractivity contribution in [3.63, 3.8) is 0 Å². The average Bonchev–Trinajstić information content (AvgIpc) is 3.60. The van der Waals surface area contributed by atoms with Crippen LogP contribution in [-0.4, -0.2) is 50.4 Å². The van der Waals surface area contributed by atoms with E-state index in [1.165, 1.54) is 12.1 Å². The third-order valence-electron chi connectivity index (χ3n) is 4.01. The zero-order valence-electron chi connectivity index (χ0n) is 15.3. The van der Waals surface area contributed by atoms with Gasteiger partial charge in [0.15, 0.2) is 0 Å². The number of amides is 2. The van der Waals surface area contributed by atoms with E-state index in [4.69, 9.17) is 25.7 Å². The molecule has 0 saturated carbocycles. The Kier molecular flexibility index (Phi) is 6.59. The predicted molar refractivity (Wildman–Crippen MR) is 104 cm³/mol. The Bertz CT molecular complexity index is 788. The fourth-order valence-electron chi connectivity index (χ4n) is 2.22. The maximum atomic E-state index is 11.9. The molecule has 2 aromatic rings. The minimum atomic E-state index is -0.523. The molecule has 0 aliphatic carbocycles. The summed E-state index contributed by atoms with van der Waals surface area (Å²) in [6.07, 6.45) is 0.785. The molecule has 4 rings (SSSR count). The van der Waals surface area contributed by atoms with Crippen LogP contribution in [0.3, 0.4) is 0 Å². The Morgan fingerprint density at radius 2 is 1.43 bits per heavy atom. The fourth-order valence-corrected chi connectivity index (χ4v) is 2.22. The summed E-state index contributed by atoms with van der Waals surface area (Å²) < 4.78 is 15.1. The van der Waals surface area contributed by atoms with E-state index in [0.29, 0.717) is 34.7 Å². The van der Waals surface area contributed by atoms with E-state index in [0.717, 1.165) is 26.4 Å². The Labute approximate surface area is 162 Å². The largest absolute Gasteiger partial charge is 0.399 e. The number of anilines is 2. The van der Waals surface area contributed by atoms with Crippen LogP contribution in [-0.2, 0) is 14.2 Å². The molecule has 2 aliphatic heterocycles. The standard InChI is InChI=1S/C14H13N3O2.C6H10O3/c15-11-5-7-12(8-6-11)17-14(19)10-3-1-9(2-4-10)13(16)18;1(5-3-8-5)7-2-6-4-9-6/h1-8H,15H2,(H2,16,18)(H,17,19);5-6H,1-4H2. The van der Waals surface area contributed by atoms with Gasteiger partial charge in [0, 0.05) is 22.5 Å². The van der Waals surface area contributed by atoms with Crippen LogP contribution >= 0.6 is 0 Å². The van der Waals surface area contributed by atoms with Crippen LogP contribution in [0, 0.1) is 0 Å². The molecule has 2 heterocycles. The topological polar surface area (TPSA) is 132 Å². The summed E-state index contributed by atoms with van der Waals surface area (Å²) in [6, 6.07) is 13.0. The molecule has 2 aromatic carbocycles. The number of hydrogen-bond acceptors (Lipinski definition) is 6. The lowest BCUT2D eigenvalue weighted by molar-refractivity contribution is 0.0995. The van der Waals surface area contributed by atoms with E-state index in [9.17, 15) is 9.59 Å². The number of rotatable bonds is 7. The van der Waals surface area contributed by atoms with Crippen molar-refractivity contribution in [3.05, 3.63) is 59.7 Å². The normalized spacial score (nSPS) is 19.1. The summed E-state index contributed by atoms with van der Waals surface area (Å²) in [5, 5.41) is 2.72. The lowest BCUT2D eigenvalue weighted by Gasteiger charge is -2.06. The third-order valence-corrected chi connectivity index (χ3v) is 4.01. The van der Waals surface area contributed by atoms with E-state index < -0.39 is 5.91 Å². The molecule has 2 atom stereocenters. The second-order valence-electron chi connectivity index (χ2n) is 6.47. The van der Waals surface area contributed by atoms with Gasteiger partial charge < -0.3 is 31.0 Å². The van der Waals surface area contributed by atoms with Crippen molar-refractivity contribution >= 4 is 23.2 Å². The molecular formula is C20H23N3O5. The van der Waals surface area contributed by atoms with Gasteiger partial charge in [-0.3, -0.25) is 9.59 Å². The lowest BCUT2D eigenvalue weighted by Crippen LogP contribution is -2.14. The highest BCUT2D eigenvalue weighted by atomic mass is 16.6. The molecule has 2 unspecified atom stereocenters. The number of benzene rings is 2. The minimum absolute atomic E-state index is 0.263. The van der Waals surface area contributed by atoms with Crippen molar-refractivity contribution in [2.75, 3.05) is 37.5 Å². The zero-order valence-corrected chi connectivity index (χ0v) is 15.3. The molecule has 28 heavy (non-hydrogen) atoms. The van der Waals surface area contributed by atoms with Crippen LogP contribution in [0.1, 0.15) is 20.7 Å². The first-order valence-electron chi connectivity index (χ1n) is 8.89. The Morgan fingerprint density at radius 1 is 0.929 bits per heavy atom. The molecule has 5 N–H and O–H groups in total. The highest BCUT2D eigenvalue weighted by Gasteiger charge is 2.26. The number of hydrogen-bond donors (Lipinski definition) is 3. The number of epoxide rings is 2. The molecule has 2 aliphatic rings. The maximum absolute atomic E-state index is 11.9. The molecule has 2 fully saturated rings. The van der Waals surface area contributed by atoms with Gasteiger partial charge in [0.25, 0.3) is 5.91 Å². The van der Waals surface area contributed by atoms with Gasteiger partial charge in [0.1, 0.15) is 12.2 Å². The van der Waals surface area contributed by atoms with Crippen molar-refractivity contribution in [2.45, 2.75) is 12.2 Å². The van der Waals surface area contributed by atoms with Gasteiger partial charge in [-0.1, -0.05) is 0 Å². The summed E-state index contributed by atoms with van der Waals surface area (Å²) in [6.45, 7) is 3.26. The van der Waals surface area contributed by atoms with E-state index in [1.807, 2.05) is 0 Å². The van der Waals surface area contributed by atoms with Crippen LogP contribution in [0.2, 0.25) is 0 Å². The molecule has 0 bridgehead atoms. The van der Waals surface area contributed by atoms with Crippen molar-refractivity contribution < 1.29 is 23.8 Å². The molecule has 148 valence electrons. The quantitative estimate of drug-likeness (QED) is 0.488. The monoisotopic (exact) mass is 385 g/mol. The van der Waals surface area contributed by atoms with Crippen LogP contribution in [0.15, 0.2) is 48.5 Å². The highest BCUT2D eigenvalue weighted by Crippen LogP contribution is 2.13. The van der Waals surface area contributed by atoms with Crippen molar-refractivity contribution in [1.82, 2.24) is 0 Å². The molecule has 8 heteroatoms. The van der Waals surface area contributed by atoms with Crippen molar-refractivity contribution in [2.24, 2.45) is 5.73 Å². The molecular weight excluding hydrogens is 362 g/mol. The number of carbonyl (C=O) groups is 2. The van der Waals surface area contributed by atoms with E-state index in [-0.39, 0.29) is 5.91 Å². The van der Waals surface area contributed by atoms with Gasteiger partial charge in [0.2, 0.25) is 5.91 Å². The number of ether oxygens (including phenoxy) is 3. The summed E-state index contributed by atoms with van der Waals surface area (Å²) in [7, 11) is 0. The number of nitrogen functional groups attached to an aromatic ring is 1. The minimum Gasteiger partial charge on any atom is -0.399 e. The SMILES string of the molecule is C(OCC1CO1)C1CO1.NC(=O)c1ccc(C(=O)Nc2ccc(N)cc2)cc1. The fraction of sp³-hybridized carbons (Fsp3) is 0.300.